The van der Waals surface area contributed by atoms with E-state index in [0.29, 0.717) is 5.92 Å². The SMILES string of the molecule is CCOCCN(CC)c1cnc(CNCC(C)C)cn1. The lowest BCUT2D eigenvalue weighted by Gasteiger charge is -2.21. The van der Waals surface area contributed by atoms with Crippen LogP contribution in [0, 0.1) is 5.92 Å². The molecule has 0 spiro atoms. The van der Waals surface area contributed by atoms with Crippen molar-refractivity contribution in [2.75, 3.05) is 37.7 Å². The van der Waals surface area contributed by atoms with E-state index < -0.39 is 0 Å². The molecule has 0 aliphatic carbocycles. The Morgan fingerprint density at radius 1 is 1.25 bits per heavy atom. The molecule has 114 valence electrons. The number of likely N-dealkylation sites (N-methyl/N-ethyl adjacent to an activating group) is 1. The molecule has 5 nitrogen and oxygen atoms in total. The van der Waals surface area contributed by atoms with E-state index in [9.17, 15) is 0 Å². The molecule has 1 aromatic rings. The molecule has 1 N–H and O–H groups in total. The lowest BCUT2D eigenvalue weighted by molar-refractivity contribution is 0.154. The van der Waals surface area contributed by atoms with Gasteiger partial charge in [0.2, 0.25) is 0 Å². The first kappa shape index (κ1) is 16.9. The van der Waals surface area contributed by atoms with Crippen LogP contribution in [0.2, 0.25) is 0 Å². The number of rotatable bonds is 10. The lowest BCUT2D eigenvalue weighted by atomic mass is 10.2. The summed E-state index contributed by atoms with van der Waals surface area (Å²) in [5.41, 5.74) is 0.982. The molecule has 0 atom stereocenters. The molecule has 0 aliphatic rings. The average molecular weight is 280 g/mol. The highest BCUT2D eigenvalue weighted by Crippen LogP contribution is 2.08. The number of nitrogens with one attached hydrogen (secondary N) is 1. The van der Waals surface area contributed by atoms with Crippen molar-refractivity contribution < 1.29 is 4.74 Å². The zero-order valence-electron chi connectivity index (χ0n) is 13.2. The van der Waals surface area contributed by atoms with E-state index in [1.54, 1.807) is 0 Å². The van der Waals surface area contributed by atoms with E-state index in [1.165, 1.54) is 0 Å². The van der Waals surface area contributed by atoms with E-state index in [2.05, 4.69) is 41.0 Å². The van der Waals surface area contributed by atoms with Gasteiger partial charge in [-0.2, -0.15) is 0 Å². The minimum absolute atomic E-state index is 0.649. The Morgan fingerprint density at radius 3 is 2.60 bits per heavy atom. The number of anilines is 1. The minimum atomic E-state index is 0.649. The Hall–Kier alpha value is -1.20. The van der Waals surface area contributed by atoms with Gasteiger partial charge in [-0.25, -0.2) is 4.98 Å². The highest BCUT2D eigenvalue weighted by atomic mass is 16.5. The van der Waals surface area contributed by atoms with Crippen LogP contribution in [-0.4, -0.2) is 42.8 Å². The first-order valence-corrected chi connectivity index (χ1v) is 7.51. The Balaban J connectivity index is 2.46. The van der Waals surface area contributed by atoms with Gasteiger partial charge < -0.3 is 15.0 Å². The quantitative estimate of drug-likeness (QED) is 0.665. The molecule has 1 heterocycles. The molecule has 0 saturated carbocycles. The van der Waals surface area contributed by atoms with Gasteiger partial charge in [-0.05, 0) is 26.3 Å². The second-order valence-electron chi connectivity index (χ2n) is 5.17. The van der Waals surface area contributed by atoms with E-state index >= 15 is 0 Å². The van der Waals surface area contributed by atoms with Gasteiger partial charge in [0, 0.05) is 26.2 Å². The summed E-state index contributed by atoms with van der Waals surface area (Å²) in [6.45, 7) is 13.5. The van der Waals surface area contributed by atoms with Crippen LogP contribution < -0.4 is 10.2 Å². The predicted molar refractivity (Wildman–Crippen MR) is 83.0 cm³/mol. The van der Waals surface area contributed by atoms with Crippen LogP contribution in [0.15, 0.2) is 12.4 Å². The Kier molecular flexibility index (Phi) is 8.14. The molecule has 1 rings (SSSR count). The fourth-order valence-electron chi connectivity index (χ4n) is 1.85. The summed E-state index contributed by atoms with van der Waals surface area (Å²) < 4.78 is 5.39. The van der Waals surface area contributed by atoms with Crippen LogP contribution in [0.4, 0.5) is 5.82 Å². The summed E-state index contributed by atoms with van der Waals surface area (Å²) in [7, 11) is 0. The molecule has 0 saturated heterocycles. The third-order valence-electron chi connectivity index (χ3n) is 2.97. The van der Waals surface area contributed by atoms with Gasteiger partial charge in [0.15, 0.2) is 0 Å². The van der Waals surface area contributed by atoms with Crippen LogP contribution in [0.25, 0.3) is 0 Å². The number of nitrogens with zero attached hydrogens (tertiary/aromatic N) is 3. The van der Waals surface area contributed by atoms with Gasteiger partial charge in [-0.1, -0.05) is 13.8 Å². The largest absolute Gasteiger partial charge is 0.380 e. The van der Waals surface area contributed by atoms with Crippen molar-refractivity contribution in [2.24, 2.45) is 5.92 Å². The standard InChI is InChI=1S/C15H28N4O/c1-5-19(7-8-20-6-2)15-12-17-14(11-18-15)10-16-9-13(3)4/h11-13,16H,5-10H2,1-4H3. The zero-order valence-corrected chi connectivity index (χ0v) is 13.2. The summed E-state index contributed by atoms with van der Waals surface area (Å²) in [6.07, 6.45) is 3.70. The summed E-state index contributed by atoms with van der Waals surface area (Å²) in [5.74, 6) is 1.57. The molecular weight excluding hydrogens is 252 g/mol. The highest BCUT2D eigenvalue weighted by molar-refractivity contribution is 5.35. The van der Waals surface area contributed by atoms with Crippen LogP contribution in [0.1, 0.15) is 33.4 Å². The predicted octanol–water partition coefficient (Wildman–Crippen LogP) is 2.08. The van der Waals surface area contributed by atoms with E-state index in [-0.39, 0.29) is 0 Å². The van der Waals surface area contributed by atoms with Gasteiger partial charge >= 0.3 is 0 Å². The number of hydrogen-bond donors (Lipinski definition) is 1. The van der Waals surface area contributed by atoms with Gasteiger partial charge in [0.25, 0.3) is 0 Å². The number of hydrogen-bond acceptors (Lipinski definition) is 5. The van der Waals surface area contributed by atoms with Crippen LogP contribution in [0.3, 0.4) is 0 Å². The maximum atomic E-state index is 5.39. The molecule has 0 unspecified atom stereocenters. The minimum Gasteiger partial charge on any atom is -0.380 e. The molecule has 1 aromatic heterocycles. The first-order valence-electron chi connectivity index (χ1n) is 7.51. The topological polar surface area (TPSA) is 50.3 Å². The van der Waals surface area contributed by atoms with Crippen molar-refractivity contribution in [1.82, 2.24) is 15.3 Å². The molecule has 0 aliphatic heterocycles. The fourth-order valence-corrected chi connectivity index (χ4v) is 1.85. The van der Waals surface area contributed by atoms with E-state index in [0.717, 1.165) is 50.9 Å². The number of ether oxygens (including phenoxy) is 1. The molecule has 20 heavy (non-hydrogen) atoms. The van der Waals surface area contributed by atoms with Gasteiger partial charge in [-0.15, -0.1) is 0 Å². The summed E-state index contributed by atoms with van der Waals surface area (Å²) in [5, 5.41) is 3.37. The average Bonchev–Trinajstić information content (AvgIpc) is 2.44. The summed E-state index contributed by atoms with van der Waals surface area (Å²) >= 11 is 0. The van der Waals surface area contributed by atoms with Crippen LogP contribution in [0.5, 0.6) is 0 Å². The summed E-state index contributed by atoms with van der Waals surface area (Å²) in [6, 6.07) is 0. The second kappa shape index (κ2) is 9.66. The second-order valence-corrected chi connectivity index (χ2v) is 5.17. The molecule has 5 heteroatoms. The highest BCUT2D eigenvalue weighted by Gasteiger charge is 2.06. The van der Waals surface area contributed by atoms with Crippen molar-refractivity contribution in [1.29, 1.82) is 0 Å². The monoisotopic (exact) mass is 280 g/mol. The third kappa shape index (κ3) is 6.30. The first-order chi connectivity index (χ1) is 9.67. The third-order valence-corrected chi connectivity index (χ3v) is 2.97. The number of aromatic nitrogens is 2. The van der Waals surface area contributed by atoms with Gasteiger partial charge in [0.05, 0.1) is 24.7 Å². The van der Waals surface area contributed by atoms with Crippen molar-refractivity contribution in [3.05, 3.63) is 18.1 Å². The van der Waals surface area contributed by atoms with Crippen molar-refractivity contribution in [3.8, 4) is 0 Å². The molecule has 0 amide bonds. The Labute approximate surface area is 122 Å². The summed E-state index contributed by atoms with van der Waals surface area (Å²) in [4.78, 5) is 11.1. The normalized spacial score (nSPS) is 11.1. The van der Waals surface area contributed by atoms with Crippen molar-refractivity contribution in [2.45, 2.75) is 34.2 Å². The molecular formula is C15H28N4O. The van der Waals surface area contributed by atoms with Crippen molar-refractivity contribution >= 4 is 5.82 Å². The maximum absolute atomic E-state index is 5.39. The van der Waals surface area contributed by atoms with E-state index in [4.69, 9.17) is 4.74 Å². The molecule has 0 aromatic carbocycles. The zero-order chi connectivity index (χ0) is 14.8. The van der Waals surface area contributed by atoms with Gasteiger partial charge in [0.1, 0.15) is 5.82 Å². The molecule has 0 fully saturated rings. The van der Waals surface area contributed by atoms with Crippen LogP contribution >= 0.6 is 0 Å². The Bertz CT molecular complexity index is 353. The molecule has 0 bridgehead atoms. The maximum Gasteiger partial charge on any atom is 0.147 e. The van der Waals surface area contributed by atoms with Crippen LogP contribution in [-0.2, 0) is 11.3 Å². The van der Waals surface area contributed by atoms with Crippen molar-refractivity contribution in [3.63, 3.8) is 0 Å². The lowest BCUT2D eigenvalue weighted by Crippen LogP contribution is -2.28. The Morgan fingerprint density at radius 2 is 2.05 bits per heavy atom. The molecule has 0 radical (unpaired) electrons. The fraction of sp³-hybridized carbons (Fsp3) is 0.733. The van der Waals surface area contributed by atoms with Gasteiger partial charge in [-0.3, -0.25) is 4.98 Å². The van der Waals surface area contributed by atoms with E-state index in [1.807, 2.05) is 19.3 Å². The smallest absolute Gasteiger partial charge is 0.147 e.